The van der Waals surface area contributed by atoms with E-state index >= 15 is 0 Å². The average Bonchev–Trinajstić information content (AvgIpc) is 3.18. The van der Waals surface area contributed by atoms with Crippen LogP contribution in [0.15, 0.2) is 37.1 Å². The van der Waals surface area contributed by atoms with Gasteiger partial charge in [0.05, 0.1) is 5.56 Å². The molecule has 0 aromatic carbocycles. The molecule has 1 aliphatic carbocycles. The molecule has 2 aromatic heterocycles. The Bertz CT molecular complexity index is 584. The van der Waals surface area contributed by atoms with E-state index in [-0.39, 0.29) is 36.8 Å². The molecule has 2 heterocycles. The number of nitrogens with two attached hydrogens (primary N) is 1. The second kappa shape index (κ2) is 8.12. The fourth-order valence-electron chi connectivity index (χ4n) is 2.19. The van der Waals surface area contributed by atoms with Crippen LogP contribution in [0.25, 0.3) is 5.82 Å². The molecule has 0 radical (unpaired) electrons. The molecular weight excluding hydrogens is 325 g/mol. The van der Waals surface area contributed by atoms with Gasteiger partial charge in [0, 0.05) is 31.2 Å². The smallest absolute Gasteiger partial charge is 0.253 e. The highest BCUT2D eigenvalue weighted by Crippen LogP contribution is 2.32. The minimum atomic E-state index is -0.114. The van der Waals surface area contributed by atoms with Crippen molar-refractivity contribution in [2.75, 3.05) is 6.54 Å². The van der Waals surface area contributed by atoms with Crippen molar-refractivity contribution in [3.63, 3.8) is 0 Å². The first kappa shape index (κ1) is 18.4. The lowest BCUT2D eigenvalue weighted by molar-refractivity contribution is 0.0933. The van der Waals surface area contributed by atoms with Crippen molar-refractivity contribution in [3.05, 3.63) is 42.6 Å². The van der Waals surface area contributed by atoms with Gasteiger partial charge in [-0.25, -0.2) is 9.97 Å². The summed E-state index contributed by atoms with van der Waals surface area (Å²) in [6, 6.07) is 3.64. The fraction of sp³-hybridized carbons (Fsp3) is 0.357. The van der Waals surface area contributed by atoms with E-state index in [2.05, 4.69) is 15.3 Å². The van der Waals surface area contributed by atoms with Crippen molar-refractivity contribution in [2.24, 2.45) is 11.7 Å². The average molecular weight is 344 g/mol. The van der Waals surface area contributed by atoms with Gasteiger partial charge in [-0.2, -0.15) is 0 Å². The molecule has 120 valence electrons. The summed E-state index contributed by atoms with van der Waals surface area (Å²) in [7, 11) is 0. The van der Waals surface area contributed by atoms with Crippen LogP contribution in [0.5, 0.6) is 0 Å². The molecule has 3 N–H and O–H groups in total. The topological polar surface area (TPSA) is 85.8 Å². The summed E-state index contributed by atoms with van der Waals surface area (Å²) in [6.07, 6.45) is 9.04. The molecule has 1 fully saturated rings. The Kier molecular flexibility index (Phi) is 6.80. The predicted molar refractivity (Wildman–Crippen MR) is 88.9 cm³/mol. The van der Waals surface area contributed by atoms with Gasteiger partial charge in [0.2, 0.25) is 0 Å². The SMILES string of the molecule is Cl.Cl.NCC(NC(=O)c1ccc(-n2ccnc2)nc1)C1CC1. The van der Waals surface area contributed by atoms with Crippen molar-refractivity contribution < 1.29 is 4.79 Å². The Morgan fingerprint density at radius 3 is 2.68 bits per heavy atom. The van der Waals surface area contributed by atoms with Crippen LogP contribution in [0.4, 0.5) is 0 Å². The monoisotopic (exact) mass is 343 g/mol. The normalized spacial score (nSPS) is 14.4. The molecule has 0 saturated heterocycles. The van der Waals surface area contributed by atoms with Crippen LogP contribution in [0.1, 0.15) is 23.2 Å². The highest BCUT2D eigenvalue weighted by Gasteiger charge is 2.31. The van der Waals surface area contributed by atoms with Gasteiger partial charge in [-0.1, -0.05) is 0 Å². The number of rotatable bonds is 5. The van der Waals surface area contributed by atoms with Crippen LogP contribution in [0, 0.1) is 5.92 Å². The van der Waals surface area contributed by atoms with Gasteiger partial charge in [0.25, 0.3) is 5.91 Å². The lowest BCUT2D eigenvalue weighted by Gasteiger charge is -2.15. The highest BCUT2D eigenvalue weighted by atomic mass is 35.5. The third-order valence-corrected chi connectivity index (χ3v) is 3.54. The van der Waals surface area contributed by atoms with Crippen molar-refractivity contribution in [2.45, 2.75) is 18.9 Å². The standard InChI is InChI=1S/C14H17N5O.2ClH/c15-7-12(10-1-2-10)18-14(20)11-3-4-13(17-8-11)19-6-5-16-9-19;;/h3-6,8-10,12H,1-2,7,15H2,(H,18,20);2*1H. The van der Waals surface area contributed by atoms with Crippen molar-refractivity contribution >= 4 is 30.7 Å². The predicted octanol–water partition coefficient (Wildman–Crippen LogP) is 1.58. The van der Waals surface area contributed by atoms with Crippen LogP contribution < -0.4 is 11.1 Å². The number of nitrogens with zero attached hydrogens (tertiary/aromatic N) is 3. The number of carbonyl (C=O) groups excluding carboxylic acids is 1. The van der Waals surface area contributed by atoms with Crippen molar-refractivity contribution in [1.29, 1.82) is 0 Å². The zero-order valence-corrected chi connectivity index (χ0v) is 13.5. The molecular formula is C14H19Cl2N5O. The maximum Gasteiger partial charge on any atom is 0.253 e. The quantitative estimate of drug-likeness (QED) is 0.862. The minimum Gasteiger partial charge on any atom is -0.348 e. The molecule has 0 bridgehead atoms. The summed E-state index contributed by atoms with van der Waals surface area (Å²) < 4.78 is 1.79. The number of hydrogen-bond donors (Lipinski definition) is 2. The number of aromatic nitrogens is 3. The van der Waals surface area contributed by atoms with Gasteiger partial charge in [-0.3, -0.25) is 9.36 Å². The first-order valence-electron chi connectivity index (χ1n) is 6.73. The molecule has 1 amide bonds. The lowest BCUT2D eigenvalue weighted by atomic mass is 10.1. The molecule has 2 aromatic rings. The molecule has 1 aliphatic rings. The summed E-state index contributed by atoms with van der Waals surface area (Å²) >= 11 is 0. The Morgan fingerprint density at radius 1 is 1.41 bits per heavy atom. The van der Waals surface area contributed by atoms with E-state index in [0.29, 0.717) is 18.0 Å². The second-order valence-corrected chi connectivity index (χ2v) is 5.03. The Labute approximate surface area is 141 Å². The summed E-state index contributed by atoms with van der Waals surface area (Å²) in [5.74, 6) is 1.16. The fourth-order valence-corrected chi connectivity index (χ4v) is 2.19. The Morgan fingerprint density at radius 2 is 2.18 bits per heavy atom. The first-order valence-corrected chi connectivity index (χ1v) is 6.73. The minimum absolute atomic E-state index is 0. The van der Waals surface area contributed by atoms with E-state index in [1.54, 1.807) is 41.6 Å². The molecule has 1 saturated carbocycles. The highest BCUT2D eigenvalue weighted by molar-refractivity contribution is 5.94. The van der Waals surface area contributed by atoms with E-state index in [0.717, 1.165) is 18.7 Å². The van der Waals surface area contributed by atoms with Gasteiger partial charge in [0.1, 0.15) is 12.1 Å². The van der Waals surface area contributed by atoms with E-state index in [9.17, 15) is 4.79 Å². The van der Waals surface area contributed by atoms with Gasteiger partial charge < -0.3 is 11.1 Å². The number of carbonyl (C=O) groups is 1. The van der Waals surface area contributed by atoms with Gasteiger partial charge >= 0.3 is 0 Å². The molecule has 0 aliphatic heterocycles. The molecule has 1 atom stereocenters. The number of nitrogens with one attached hydrogen (secondary N) is 1. The Hall–Kier alpha value is -1.63. The largest absolute Gasteiger partial charge is 0.348 e. The van der Waals surface area contributed by atoms with Crippen LogP contribution in [0.3, 0.4) is 0 Å². The van der Waals surface area contributed by atoms with E-state index in [4.69, 9.17) is 5.73 Å². The van der Waals surface area contributed by atoms with E-state index in [1.165, 1.54) is 0 Å². The second-order valence-electron chi connectivity index (χ2n) is 5.03. The van der Waals surface area contributed by atoms with Crippen LogP contribution in [0.2, 0.25) is 0 Å². The number of hydrogen-bond acceptors (Lipinski definition) is 4. The maximum atomic E-state index is 12.1. The molecule has 0 spiro atoms. The van der Waals surface area contributed by atoms with Gasteiger partial charge in [-0.15, -0.1) is 24.8 Å². The number of imidazole rings is 1. The molecule has 8 heteroatoms. The molecule has 3 rings (SSSR count). The van der Waals surface area contributed by atoms with Crippen LogP contribution >= 0.6 is 24.8 Å². The third-order valence-electron chi connectivity index (χ3n) is 3.54. The zero-order valence-electron chi connectivity index (χ0n) is 11.9. The zero-order chi connectivity index (χ0) is 13.9. The molecule has 6 nitrogen and oxygen atoms in total. The lowest BCUT2D eigenvalue weighted by Crippen LogP contribution is -2.41. The number of amides is 1. The van der Waals surface area contributed by atoms with Crippen LogP contribution in [-0.2, 0) is 0 Å². The van der Waals surface area contributed by atoms with E-state index < -0.39 is 0 Å². The maximum absolute atomic E-state index is 12.1. The summed E-state index contributed by atoms with van der Waals surface area (Å²) in [5, 5.41) is 2.98. The van der Waals surface area contributed by atoms with Crippen molar-refractivity contribution in [3.8, 4) is 5.82 Å². The molecule has 22 heavy (non-hydrogen) atoms. The first-order chi connectivity index (χ1) is 9.78. The molecule has 1 unspecified atom stereocenters. The Balaban J connectivity index is 0.00000121. The van der Waals surface area contributed by atoms with Gasteiger partial charge in [-0.05, 0) is 30.9 Å². The number of halogens is 2. The summed E-state index contributed by atoms with van der Waals surface area (Å²) in [4.78, 5) is 20.3. The van der Waals surface area contributed by atoms with E-state index in [1.807, 2.05) is 0 Å². The number of pyridine rings is 1. The van der Waals surface area contributed by atoms with Crippen molar-refractivity contribution in [1.82, 2.24) is 19.9 Å². The van der Waals surface area contributed by atoms with Gasteiger partial charge in [0.15, 0.2) is 0 Å². The third kappa shape index (κ3) is 4.19. The summed E-state index contributed by atoms with van der Waals surface area (Å²) in [6.45, 7) is 0.483. The van der Waals surface area contributed by atoms with Crippen LogP contribution in [-0.4, -0.2) is 33.0 Å². The summed E-state index contributed by atoms with van der Waals surface area (Å²) in [5.41, 5.74) is 6.24.